The molecule has 0 aliphatic carbocycles. The molecule has 1 aliphatic rings. The van der Waals surface area contributed by atoms with E-state index in [1.54, 1.807) is 18.2 Å². The third-order valence-corrected chi connectivity index (χ3v) is 5.90. The van der Waals surface area contributed by atoms with E-state index in [1.165, 1.54) is 10.5 Å². The van der Waals surface area contributed by atoms with E-state index in [1.807, 2.05) is 26.0 Å². The van der Waals surface area contributed by atoms with Crippen LogP contribution < -0.4 is 4.74 Å². The largest absolute Gasteiger partial charge is 0.457 e. The van der Waals surface area contributed by atoms with Crippen LogP contribution in [0.1, 0.15) is 87.1 Å². The van der Waals surface area contributed by atoms with E-state index in [2.05, 4.69) is 39.8 Å². The molecule has 0 N–H and O–H groups in total. The number of rotatable bonds is 6. The predicted molar refractivity (Wildman–Crippen MR) is 116 cm³/mol. The number of amides is 2. The van der Waals surface area contributed by atoms with Crippen LogP contribution in [0.3, 0.4) is 0 Å². The summed E-state index contributed by atoms with van der Waals surface area (Å²) in [7, 11) is 0. The fraction of sp³-hybridized carbons (Fsp3) is 0.440. The normalized spacial score (nSPS) is 16.0. The van der Waals surface area contributed by atoms with Gasteiger partial charge in [-0.1, -0.05) is 53.2 Å². The first-order valence-electron chi connectivity index (χ1n) is 10.4. The number of nitrogens with zero attached hydrogens (tertiary/aromatic N) is 1. The van der Waals surface area contributed by atoms with Crippen LogP contribution in [0.25, 0.3) is 0 Å². The maximum absolute atomic E-state index is 13.1. The van der Waals surface area contributed by atoms with Gasteiger partial charge in [0, 0.05) is 5.54 Å². The first-order valence-corrected chi connectivity index (χ1v) is 10.4. The highest BCUT2D eigenvalue weighted by molar-refractivity contribution is 6.22. The maximum atomic E-state index is 13.1. The number of hydrogen-bond acceptors (Lipinski definition) is 3. The number of hydrogen-bond donors (Lipinski definition) is 0. The van der Waals surface area contributed by atoms with E-state index < -0.39 is 5.54 Å². The van der Waals surface area contributed by atoms with Crippen molar-refractivity contribution >= 4 is 11.8 Å². The van der Waals surface area contributed by atoms with Crippen LogP contribution in [-0.4, -0.2) is 22.3 Å². The SMILES string of the molecule is CCCC(C)(CC)N1C(=O)c2ccc(Oc3ccc(C(C)(C)C)cc3)cc2C1=O. The molecule has 29 heavy (non-hydrogen) atoms. The van der Waals surface area contributed by atoms with Crippen LogP contribution in [0.4, 0.5) is 0 Å². The Bertz CT molecular complexity index is 924. The molecule has 1 aliphatic heterocycles. The van der Waals surface area contributed by atoms with Gasteiger partial charge in [-0.15, -0.1) is 0 Å². The number of benzene rings is 2. The van der Waals surface area contributed by atoms with Gasteiger partial charge >= 0.3 is 0 Å². The summed E-state index contributed by atoms with van der Waals surface area (Å²) < 4.78 is 5.97. The number of carbonyl (C=O) groups is 2. The van der Waals surface area contributed by atoms with E-state index in [0.29, 0.717) is 22.6 Å². The molecule has 1 atom stereocenters. The van der Waals surface area contributed by atoms with Crippen LogP contribution >= 0.6 is 0 Å². The lowest BCUT2D eigenvalue weighted by Crippen LogP contribution is -2.49. The predicted octanol–water partition coefficient (Wildman–Crippen LogP) is 6.34. The van der Waals surface area contributed by atoms with Crippen LogP contribution in [-0.2, 0) is 5.41 Å². The number of imide groups is 1. The van der Waals surface area contributed by atoms with Gasteiger partial charge in [0.05, 0.1) is 11.1 Å². The summed E-state index contributed by atoms with van der Waals surface area (Å²) in [6.07, 6.45) is 2.44. The average molecular weight is 394 g/mol. The van der Waals surface area contributed by atoms with Gasteiger partial charge in [0.25, 0.3) is 11.8 Å². The molecule has 0 saturated carbocycles. The Morgan fingerprint density at radius 2 is 1.41 bits per heavy atom. The summed E-state index contributed by atoms with van der Waals surface area (Å²) >= 11 is 0. The molecule has 0 spiro atoms. The Morgan fingerprint density at radius 1 is 0.828 bits per heavy atom. The van der Waals surface area contributed by atoms with Crippen LogP contribution in [0, 0.1) is 0 Å². The van der Waals surface area contributed by atoms with Crippen molar-refractivity contribution in [2.24, 2.45) is 0 Å². The lowest BCUT2D eigenvalue weighted by Gasteiger charge is -2.36. The zero-order chi connectivity index (χ0) is 21.4. The van der Waals surface area contributed by atoms with E-state index in [-0.39, 0.29) is 17.2 Å². The van der Waals surface area contributed by atoms with Crippen molar-refractivity contribution in [2.45, 2.75) is 71.8 Å². The number of carbonyl (C=O) groups excluding carboxylic acids is 2. The lowest BCUT2D eigenvalue weighted by molar-refractivity contribution is 0.0424. The van der Waals surface area contributed by atoms with Crippen molar-refractivity contribution in [3.05, 3.63) is 59.2 Å². The summed E-state index contributed by atoms with van der Waals surface area (Å²) in [5.41, 5.74) is 1.72. The molecule has 2 amide bonds. The minimum atomic E-state index is -0.467. The zero-order valence-corrected chi connectivity index (χ0v) is 18.3. The fourth-order valence-electron chi connectivity index (χ4n) is 3.92. The zero-order valence-electron chi connectivity index (χ0n) is 18.3. The van der Waals surface area contributed by atoms with Crippen molar-refractivity contribution in [1.82, 2.24) is 4.90 Å². The molecular weight excluding hydrogens is 362 g/mol. The third kappa shape index (κ3) is 3.93. The van der Waals surface area contributed by atoms with Crippen LogP contribution in [0.2, 0.25) is 0 Å². The molecule has 0 bridgehead atoms. The lowest BCUT2D eigenvalue weighted by atomic mass is 9.87. The van der Waals surface area contributed by atoms with Gasteiger partial charge < -0.3 is 4.74 Å². The minimum absolute atomic E-state index is 0.0761. The molecule has 4 heteroatoms. The molecule has 2 aromatic rings. The van der Waals surface area contributed by atoms with Gasteiger partial charge in [0.15, 0.2) is 0 Å². The van der Waals surface area contributed by atoms with Crippen molar-refractivity contribution in [3.8, 4) is 11.5 Å². The molecule has 0 aromatic heterocycles. The molecule has 1 heterocycles. The van der Waals surface area contributed by atoms with Gasteiger partial charge in [0.1, 0.15) is 11.5 Å². The van der Waals surface area contributed by atoms with E-state index in [4.69, 9.17) is 4.74 Å². The van der Waals surface area contributed by atoms with Gasteiger partial charge in [0.2, 0.25) is 0 Å². The van der Waals surface area contributed by atoms with Crippen molar-refractivity contribution in [3.63, 3.8) is 0 Å². The second kappa shape index (κ2) is 7.66. The highest BCUT2D eigenvalue weighted by Gasteiger charge is 2.45. The molecule has 0 saturated heterocycles. The molecule has 4 nitrogen and oxygen atoms in total. The van der Waals surface area contributed by atoms with Gasteiger partial charge in [-0.05, 0) is 61.1 Å². The summed E-state index contributed by atoms with van der Waals surface area (Å²) in [5, 5.41) is 0. The van der Waals surface area contributed by atoms with Gasteiger partial charge in [-0.2, -0.15) is 0 Å². The average Bonchev–Trinajstić information content (AvgIpc) is 2.92. The quantitative estimate of drug-likeness (QED) is 0.538. The molecule has 2 aromatic carbocycles. The highest BCUT2D eigenvalue weighted by Crippen LogP contribution is 2.36. The Hall–Kier alpha value is -2.62. The Balaban J connectivity index is 1.86. The fourth-order valence-corrected chi connectivity index (χ4v) is 3.92. The second-order valence-corrected chi connectivity index (χ2v) is 9.13. The smallest absolute Gasteiger partial charge is 0.262 e. The summed E-state index contributed by atoms with van der Waals surface area (Å²) in [4.78, 5) is 27.5. The Morgan fingerprint density at radius 3 is 1.97 bits per heavy atom. The van der Waals surface area contributed by atoms with E-state index in [0.717, 1.165) is 19.3 Å². The first kappa shape index (κ1) is 21.1. The summed E-state index contributed by atoms with van der Waals surface area (Å²) in [5.74, 6) is 0.833. The Labute approximate surface area is 173 Å². The van der Waals surface area contributed by atoms with Crippen molar-refractivity contribution in [1.29, 1.82) is 0 Å². The first-order chi connectivity index (χ1) is 13.6. The number of fused-ring (bicyclic) bond motifs is 1. The van der Waals surface area contributed by atoms with Crippen LogP contribution in [0.15, 0.2) is 42.5 Å². The van der Waals surface area contributed by atoms with E-state index in [9.17, 15) is 9.59 Å². The molecule has 0 radical (unpaired) electrons. The van der Waals surface area contributed by atoms with E-state index >= 15 is 0 Å². The molecule has 154 valence electrons. The Kier molecular flexibility index (Phi) is 5.57. The van der Waals surface area contributed by atoms with Crippen LogP contribution in [0.5, 0.6) is 11.5 Å². The highest BCUT2D eigenvalue weighted by atomic mass is 16.5. The number of ether oxygens (including phenoxy) is 1. The summed E-state index contributed by atoms with van der Waals surface area (Å²) in [6, 6.07) is 13.1. The van der Waals surface area contributed by atoms with Crippen molar-refractivity contribution in [2.75, 3.05) is 0 Å². The topological polar surface area (TPSA) is 46.6 Å². The van der Waals surface area contributed by atoms with Crippen molar-refractivity contribution < 1.29 is 14.3 Å². The molecule has 1 unspecified atom stereocenters. The maximum Gasteiger partial charge on any atom is 0.262 e. The standard InChI is InChI=1S/C25H31NO3/c1-7-15-25(6,8-2)26-22(27)20-14-13-19(16-21(20)23(26)28)29-18-11-9-17(10-12-18)24(3,4)5/h9-14,16H,7-8,15H2,1-6H3. The molecule has 0 fully saturated rings. The molecular formula is C25H31NO3. The second-order valence-electron chi connectivity index (χ2n) is 9.13. The summed E-state index contributed by atoms with van der Waals surface area (Å²) in [6.45, 7) is 12.6. The minimum Gasteiger partial charge on any atom is -0.457 e. The van der Waals surface area contributed by atoms with Gasteiger partial charge in [-0.3, -0.25) is 14.5 Å². The third-order valence-electron chi connectivity index (χ3n) is 5.90. The van der Waals surface area contributed by atoms with Gasteiger partial charge in [-0.25, -0.2) is 0 Å². The molecule has 3 rings (SSSR count). The monoisotopic (exact) mass is 393 g/mol.